The predicted molar refractivity (Wildman–Crippen MR) is 103 cm³/mol. The molecule has 1 fully saturated rings. The van der Waals surface area contributed by atoms with Crippen LogP contribution in [0.2, 0.25) is 5.02 Å². The van der Waals surface area contributed by atoms with Crippen molar-refractivity contribution in [3.05, 3.63) is 45.7 Å². The van der Waals surface area contributed by atoms with Gasteiger partial charge in [0.25, 0.3) is 5.56 Å². The Kier molecular flexibility index (Phi) is 4.35. The number of anilines is 2. The summed E-state index contributed by atoms with van der Waals surface area (Å²) >= 11 is 7.91. The lowest BCUT2D eigenvalue weighted by atomic mass is 10.3. The third kappa shape index (κ3) is 3.09. The van der Waals surface area contributed by atoms with Crippen LogP contribution in [-0.4, -0.2) is 40.9 Å². The summed E-state index contributed by atoms with van der Waals surface area (Å²) in [6.45, 7) is 5.93. The molecule has 6 nitrogen and oxygen atoms in total. The molecule has 0 spiro atoms. The van der Waals surface area contributed by atoms with Gasteiger partial charge in [-0.1, -0.05) is 29.0 Å². The number of aromatic nitrogens is 3. The fraction of sp³-hybridized carbons (Fsp3) is 0.353. The highest BCUT2D eigenvalue weighted by Gasteiger charge is 2.21. The number of thiazole rings is 1. The van der Waals surface area contributed by atoms with Crippen LogP contribution in [0.25, 0.3) is 10.2 Å². The van der Waals surface area contributed by atoms with Gasteiger partial charge in [0.15, 0.2) is 5.13 Å². The Balaban J connectivity index is 1.51. The Bertz CT molecular complexity index is 961. The Morgan fingerprint density at radius 2 is 1.88 bits per heavy atom. The lowest BCUT2D eigenvalue weighted by molar-refractivity contribution is 0.588. The van der Waals surface area contributed by atoms with E-state index in [0.717, 1.165) is 47.3 Å². The molecule has 1 aliphatic rings. The third-order valence-corrected chi connectivity index (χ3v) is 5.77. The number of hydrogen-bond donors (Lipinski definition) is 0. The van der Waals surface area contributed by atoms with Crippen molar-refractivity contribution < 1.29 is 0 Å². The molecule has 3 aromatic rings. The molecule has 0 unspecified atom stereocenters. The van der Waals surface area contributed by atoms with Gasteiger partial charge < -0.3 is 9.80 Å². The molecule has 0 bridgehead atoms. The number of aryl methyl sites for hydroxylation is 1. The van der Waals surface area contributed by atoms with Crippen molar-refractivity contribution in [1.82, 2.24) is 14.8 Å². The molecular formula is C17H18ClN5OS. The number of hydrogen-bond acceptors (Lipinski definition) is 6. The highest BCUT2D eigenvalue weighted by Crippen LogP contribution is 2.33. The zero-order valence-corrected chi connectivity index (χ0v) is 15.4. The van der Waals surface area contributed by atoms with Gasteiger partial charge in [-0.25, -0.2) is 9.67 Å². The van der Waals surface area contributed by atoms with Crippen molar-refractivity contribution in [2.75, 3.05) is 36.0 Å². The van der Waals surface area contributed by atoms with Crippen LogP contribution in [-0.2, 0) is 6.54 Å². The molecule has 1 saturated heterocycles. The van der Waals surface area contributed by atoms with Crippen LogP contribution in [0, 0.1) is 0 Å². The molecule has 0 atom stereocenters. The molecule has 2 aromatic heterocycles. The van der Waals surface area contributed by atoms with Crippen LogP contribution in [0.3, 0.4) is 0 Å². The van der Waals surface area contributed by atoms with Gasteiger partial charge in [-0.15, -0.1) is 0 Å². The van der Waals surface area contributed by atoms with Crippen molar-refractivity contribution in [3.63, 3.8) is 0 Å². The van der Waals surface area contributed by atoms with Gasteiger partial charge in [-0.3, -0.25) is 4.79 Å². The number of rotatable bonds is 3. The molecule has 0 aliphatic carbocycles. The summed E-state index contributed by atoms with van der Waals surface area (Å²) in [4.78, 5) is 20.9. The zero-order valence-electron chi connectivity index (χ0n) is 13.9. The molecule has 0 amide bonds. The molecule has 0 saturated carbocycles. The van der Waals surface area contributed by atoms with Gasteiger partial charge in [0.1, 0.15) is 11.3 Å². The average Bonchev–Trinajstić information content (AvgIpc) is 3.08. The van der Waals surface area contributed by atoms with Crippen LogP contribution < -0.4 is 15.4 Å². The minimum atomic E-state index is -0.0590. The third-order valence-electron chi connectivity index (χ3n) is 4.38. The molecule has 1 aromatic carbocycles. The van der Waals surface area contributed by atoms with E-state index in [0.29, 0.717) is 11.6 Å². The maximum absolute atomic E-state index is 11.7. The number of nitrogens with zero attached hydrogens (tertiary/aromatic N) is 5. The van der Waals surface area contributed by atoms with E-state index >= 15 is 0 Å². The van der Waals surface area contributed by atoms with E-state index in [1.807, 2.05) is 25.1 Å². The summed E-state index contributed by atoms with van der Waals surface area (Å²) in [5, 5.41) is 6.15. The quantitative estimate of drug-likeness (QED) is 0.704. The highest BCUT2D eigenvalue weighted by atomic mass is 35.5. The van der Waals surface area contributed by atoms with E-state index in [2.05, 4.69) is 21.0 Å². The number of benzene rings is 1. The second kappa shape index (κ2) is 6.65. The standard InChI is InChI=1S/C17H18ClN5OS/c1-2-23-15(24)7-6-14(20-23)21-8-10-22(11-9-21)17-19-16-12(18)4-3-5-13(16)25-17/h3-7H,2,8-11H2,1H3. The molecular weight excluding hydrogens is 358 g/mol. The molecule has 4 rings (SSSR count). The van der Waals surface area contributed by atoms with Gasteiger partial charge in [-0.2, -0.15) is 5.10 Å². The number of fused-ring (bicyclic) bond motifs is 1. The van der Waals surface area contributed by atoms with Crippen LogP contribution >= 0.6 is 22.9 Å². The van der Waals surface area contributed by atoms with Gasteiger partial charge in [0.05, 0.1) is 9.72 Å². The summed E-state index contributed by atoms with van der Waals surface area (Å²) in [5.41, 5.74) is 0.819. The van der Waals surface area contributed by atoms with Crippen LogP contribution in [0.1, 0.15) is 6.92 Å². The largest absolute Gasteiger partial charge is 0.352 e. The molecule has 25 heavy (non-hydrogen) atoms. The maximum atomic E-state index is 11.7. The molecule has 0 radical (unpaired) electrons. The average molecular weight is 376 g/mol. The Morgan fingerprint density at radius 3 is 2.60 bits per heavy atom. The number of halogens is 1. The topological polar surface area (TPSA) is 54.3 Å². The highest BCUT2D eigenvalue weighted by molar-refractivity contribution is 7.22. The van der Waals surface area contributed by atoms with E-state index < -0.39 is 0 Å². The van der Waals surface area contributed by atoms with E-state index in [4.69, 9.17) is 16.6 Å². The lowest BCUT2D eigenvalue weighted by Crippen LogP contribution is -2.47. The van der Waals surface area contributed by atoms with Gasteiger partial charge >= 0.3 is 0 Å². The number of piperazine rings is 1. The zero-order chi connectivity index (χ0) is 17.4. The van der Waals surface area contributed by atoms with E-state index in [1.165, 1.54) is 4.68 Å². The maximum Gasteiger partial charge on any atom is 0.266 e. The molecule has 130 valence electrons. The molecule has 8 heteroatoms. The fourth-order valence-corrected chi connectivity index (χ4v) is 4.32. The van der Waals surface area contributed by atoms with Crippen LogP contribution in [0.15, 0.2) is 35.1 Å². The minimum Gasteiger partial charge on any atom is -0.352 e. The molecule has 0 N–H and O–H groups in total. The van der Waals surface area contributed by atoms with Crippen molar-refractivity contribution in [2.24, 2.45) is 0 Å². The van der Waals surface area contributed by atoms with Crippen LogP contribution in [0.5, 0.6) is 0 Å². The van der Waals surface area contributed by atoms with Gasteiger partial charge in [0.2, 0.25) is 0 Å². The second-order valence-corrected chi connectivity index (χ2v) is 7.32. The Hall–Kier alpha value is -2.12. The molecule has 3 heterocycles. The van der Waals surface area contributed by atoms with Gasteiger partial charge in [0, 0.05) is 38.8 Å². The fourth-order valence-electron chi connectivity index (χ4n) is 3.00. The van der Waals surface area contributed by atoms with E-state index in [9.17, 15) is 4.79 Å². The minimum absolute atomic E-state index is 0.0590. The Morgan fingerprint density at radius 1 is 1.12 bits per heavy atom. The van der Waals surface area contributed by atoms with Crippen molar-refractivity contribution in [2.45, 2.75) is 13.5 Å². The van der Waals surface area contributed by atoms with Crippen LogP contribution in [0.4, 0.5) is 10.9 Å². The summed E-state index contributed by atoms with van der Waals surface area (Å²) in [6, 6.07) is 9.28. The number of para-hydroxylation sites is 1. The summed E-state index contributed by atoms with van der Waals surface area (Å²) in [7, 11) is 0. The first kappa shape index (κ1) is 16.4. The summed E-state index contributed by atoms with van der Waals surface area (Å²) in [6.07, 6.45) is 0. The normalized spacial score (nSPS) is 15.1. The summed E-state index contributed by atoms with van der Waals surface area (Å²) in [5.74, 6) is 0.855. The predicted octanol–water partition coefficient (Wildman–Crippen LogP) is 2.85. The van der Waals surface area contributed by atoms with Crippen molar-refractivity contribution in [1.29, 1.82) is 0 Å². The first-order valence-electron chi connectivity index (χ1n) is 8.29. The first-order valence-corrected chi connectivity index (χ1v) is 9.48. The monoisotopic (exact) mass is 375 g/mol. The lowest BCUT2D eigenvalue weighted by Gasteiger charge is -2.35. The Labute approximate surface area is 154 Å². The SMILES string of the molecule is CCn1nc(N2CCN(c3nc4c(Cl)cccc4s3)CC2)ccc1=O. The summed E-state index contributed by atoms with van der Waals surface area (Å²) < 4.78 is 2.61. The first-order chi connectivity index (χ1) is 12.2. The van der Waals surface area contributed by atoms with Gasteiger partial charge in [-0.05, 0) is 25.1 Å². The van der Waals surface area contributed by atoms with Crippen molar-refractivity contribution >= 4 is 44.1 Å². The second-order valence-electron chi connectivity index (χ2n) is 5.90. The van der Waals surface area contributed by atoms with Crippen molar-refractivity contribution in [3.8, 4) is 0 Å². The van der Waals surface area contributed by atoms with E-state index in [-0.39, 0.29) is 5.56 Å². The smallest absolute Gasteiger partial charge is 0.266 e. The van der Waals surface area contributed by atoms with E-state index in [1.54, 1.807) is 17.4 Å². The molecule has 1 aliphatic heterocycles.